The minimum Gasteiger partial charge on any atom is -0.448 e. The van der Waals surface area contributed by atoms with Crippen molar-refractivity contribution in [1.29, 1.82) is 0 Å². The van der Waals surface area contributed by atoms with E-state index in [1.807, 2.05) is 6.92 Å². The molecule has 0 radical (unpaired) electrons. The first-order valence-electron chi connectivity index (χ1n) is 5.26. The van der Waals surface area contributed by atoms with E-state index in [9.17, 15) is 0 Å². The minimum atomic E-state index is 0.689. The zero-order valence-corrected chi connectivity index (χ0v) is 9.01. The monoisotopic (exact) mass is 220 g/mol. The van der Waals surface area contributed by atoms with Gasteiger partial charge in [-0.3, -0.25) is 0 Å². The molecular weight excluding hydrogens is 208 g/mol. The molecule has 16 heavy (non-hydrogen) atoms. The smallest absolute Gasteiger partial charge is 0.186 e. The first kappa shape index (κ1) is 9.53. The second-order valence-corrected chi connectivity index (χ2v) is 3.71. The van der Waals surface area contributed by atoms with Crippen LogP contribution in [0.3, 0.4) is 0 Å². The van der Waals surface area contributed by atoms with Crippen molar-refractivity contribution in [3.8, 4) is 11.5 Å². The molecule has 0 bridgehead atoms. The number of ether oxygens (including phenoxy) is 1. The number of aromatic nitrogens is 4. The average Bonchev–Trinajstić information content (AvgIpc) is 2.78. The van der Waals surface area contributed by atoms with Crippen LogP contribution < -0.4 is 0 Å². The van der Waals surface area contributed by atoms with Gasteiger partial charge in [0.15, 0.2) is 12.2 Å². The highest BCUT2D eigenvalue weighted by Crippen LogP contribution is 2.21. The predicted molar refractivity (Wildman–Crippen MR) is 54.8 cm³/mol. The van der Waals surface area contributed by atoms with Crippen LogP contribution in [0.5, 0.6) is 0 Å². The Morgan fingerprint density at radius 2 is 2.25 bits per heavy atom. The van der Waals surface area contributed by atoms with Crippen LogP contribution in [0.2, 0.25) is 0 Å². The maximum atomic E-state index is 5.41. The molecule has 0 unspecified atom stereocenters. The van der Waals surface area contributed by atoms with Gasteiger partial charge in [0.05, 0.1) is 13.2 Å². The van der Waals surface area contributed by atoms with Gasteiger partial charge in [0, 0.05) is 13.0 Å². The predicted octanol–water partition coefficient (Wildman–Crippen LogP) is 0.814. The molecule has 0 spiro atoms. The van der Waals surface area contributed by atoms with E-state index >= 15 is 0 Å². The van der Waals surface area contributed by atoms with Crippen LogP contribution in [0.4, 0.5) is 0 Å². The summed E-state index contributed by atoms with van der Waals surface area (Å²) in [7, 11) is 0. The third-order valence-corrected chi connectivity index (χ3v) is 2.71. The van der Waals surface area contributed by atoms with Gasteiger partial charge in [-0.2, -0.15) is 0 Å². The molecule has 0 aliphatic carbocycles. The zero-order chi connectivity index (χ0) is 11.0. The molecule has 84 valence electrons. The van der Waals surface area contributed by atoms with Crippen LogP contribution in [0.15, 0.2) is 10.8 Å². The molecule has 0 saturated carbocycles. The normalized spacial score (nSPS) is 15.8. The van der Waals surface area contributed by atoms with Crippen molar-refractivity contribution in [3.05, 3.63) is 18.0 Å². The first-order chi connectivity index (χ1) is 7.86. The summed E-state index contributed by atoms with van der Waals surface area (Å²) < 4.78 is 12.6. The number of hydrogen-bond acceptors (Lipinski definition) is 5. The fourth-order valence-electron chi connectivity index (χ4n) is 1.87. The molecule has 0 amide bonds. The van der Waals surface area contributed by atoms with Crippen molar-refractivity contribution in [2.45, 2.75) is 19.9 Å². The number of nitrogens with zero attached hydrogens (tertiary/aromatic N) is 4. The zero-order valence-electron chi connectivity index (χ0n) is 9.01. The number of aryl methyl sites for hydroxylation is 1. The summed E-state index contributed by atoms with van der Waals surface area (Å²) in [6, 6.07) is 0. The van der Waals surface area contributed by atoms with Crippen molar-refractivity contribution < 1.29 is 9.15 Å². The molecule has 1 aliphatic rings. The molecule has 2 aromatic heterocycles. The molecule has 0 saturated heterocycles. The summed E-state index contributed by atoms with van der Waals surface area (Å²) in [5.41, 5.74) is 0.764. The van der Waals surface area contributed by atoms with E-state index in [-0.39, 0.29) is 0 Å². The Hall–Kier alpha value is -1.69. The second kappa shape index (κ2) is 3.71. The number of rotatable bonds is 1. The molecule has 3 heterocycles. The van der Waals surface area contributed by atoms with E-state index < -0.39 is 0 Å². The summed E-state index contributed by atoms with van der Waals surface area (Å²) in [6.07, 6.45) is 2.23. The molecule has 2 aromatic rings. The van der Waals surface area contributed by atoms with Gasteiger partial charge >= 0.3 is 0 Å². The Kier molecular flexibility index (Phi) is 2.21. The van der Waals surface area contributed by atoms with Crippen molar-refractivity contribution in [2.24, 2.45) is 0 Å². The van der Waals surface area contributed by atoms with Gasteiger partial charge < -0.3 is 13.7 Å². The van der Waals surface area contributed by atoms with Crippen molar-refractivity contribution in [2.75, 3.05) is 13.2 Å². The summed E-state index contributed by atoms with van der Waals surface area (Å²) in [6.45, 7) is 4.03. The fourth-order valence-corrected chi connectivity index (χ4v) is 1.87. The van der Waals surface area contributed by atoms with E-state index in [0.29, 0.717) is 13.2 Å². The second-order valence-electron chi connectivity index (χ2n) is 3.71. The van der Waals surface area contributed by atoms with Crippen LogP contribution in [0, 0.1) is 6.92 Å². The molecule has 6 heteroatoms. The van der Waals surface area contributed by atoms with Gasteiger partial charge in [-0.15, -0.1) is 10.2 Å². The van der Waals surface area contributed by atoms with Crippen molar-refractivity contribution >= 4 is 0 Å². The largest absolute Gasteiger partial charge is 0.448 e. The van der Waals surface area contributed by atoms with Crippen LogP contribution in [0.1, 0.15) is 11.6 Å². The molecular formula is C10H12N4O2. The summed E-state index contributed by atoms with van der Waals surface area (Å²) >= 11 is 0. The Morgan fingerprint density at radius 3 is 3.06 bits per heavy atom. The van der Waals surface area contributed by atoms with Gasteiger partial charge in [0.1, 0.15) is 17.3 Å². The summed E-state index contributed by atoms with van der Waals surface area (Å²) in [5.74, 6) is 2.49. The lowest BCUT2D eigenvalue weighted by molar-refractivity contribution is 0.140. The lowest BCUT2D eigenvalue weighted by atomic mass is 10.3. The molecule has 0 aromatic carbocycles. The minimum absolute atomic E-state index is 0.689. The fraction of sp³-hybridized carbons (Fsp3) is 0.500. The van der Waals surface area contributed by atoms with E-state index in [1.165, 1.54) is 6.39 Å². The first-order valence-corrected chi connectivity index (χ1v) is 5.26. The molecule has 0 atom stereocenters. The summed E-state index contributed by atoms with van der Waals surface area (Å²) in [5, 5.41) is 8.34. The van der Waals surface area contributed by atoms with Crippen LogP contribution in [0.25, 0.3) is 11.5 Å². The van der Waals surface area contributed by atoms with Gasteiger partial charge in [0.2, 0.25) is 0 Å². The maximum absolute atomic E-state index is 5.41. The molecule has 6 nitrogen and oxygen atoms in total. The third kappa shape index (κ3) is 1.42. The topological polar surface area (TPSA) is 66.0 Å². The van der Waals surface area contributed by atoms with E-state index in [4.69, 9.17) is 9.15 Å². The number of fused-ring (bicyclic) bond motifs is 1. The molecule has 3 rings (SSSR count). The quantitative estimate of drug-likeness (QED) is 0.711. The Labute approximate surface area is 92.3 Å². The van der Waals surface area contributed by atoms with Crippen molar-refractivity contribution in [3.63, 3.8) is 0 Å². The molecule has 0 N–H and O–H groups in total. The summed E-state index contributed by atoms with van der Waals surface area (Å²) in [4.78, 5) is 4.17. The van der Waals surface area contributed by atoms with Crippen LogP contribution >= 0.6 is 0 Å². The Balaban J connectivity index is 2.09. The highest BCUT2D eigenvalue weighted by Gasteiger charge is 2.19. The van der Waals surface area contributed by atoms with E-state index in [1.54, 1.807) is 0 Å². The van der Waals surface area contributed by atoms with Crippen LogP contribution in [-0.4, -0.2) is 33.0 Å². The average molecular weight is 220 g/mol. The van der Waals surface area contributed by atoms with Gasteiger partial charge in [-0.25, -0.2) is 4.98 Å². The third-order valence-electron chi connectivity index (χ3n) is 2.71. The lowest BCUT2D eigenvalue weighted by Gasteiger charge is -2.03. The highest BCUT2D eigenvalue weighted by atomic mass is 16.5. The lowest BCUT2D eigenvalue weighted by Crippen LogP contribution is -2.06. The van der Waals surface area contributed by atoms with E-state index in [0.717, 1.165) is 36.1 Å². The Morgan fingerprint density at radius 1 is 1.31 bits per heavy atom. The van der Waals surface area contributed by atoms with E-state index in [2.05, 4.69) is 19.7 Å². The van der Waals surface area contributed by atoms with Crippen molar-refractivity contribution in [1.82, 2.24) is 19.7 Å². The van der Waals surface area contributed by atoms with Gasteiger partial charge in [0.25, 0.3) is 0 Å². The van der Waals surface area contributed by atoms with Gasteiger partial charge in [-0.05, 0) is 6.92 Å². The van der Waals surface area contributed by atoms with Gasteiger partial charge in [-0.1, -0.05) is 0 Å². The number of oxazole rings is 1. The maximum Gasteiger partial charge on any atom is 0.186 e. The number of hydrogen-bond donors (Lipinski definition) is 0. The standard InChI is InChI=1S/C10H12N4O2/c1-7-9(11-6-16-7)10-13-12-8-2-4-15-5-3-14(8)10/h6H,2-5H2,1H3. The molecule has 1 aliphatic heterocycles. The highest BCUT2D eigenvalue weighted by molar-refractivity contribution is 5.51. The molecule has 0 fully saturated rings. The SMILES string of the molecule is Cc1ocnc1-c1nnc2n1CCOCC2. The Bertz CT molecular complexity index is 503. The van der Waals surface area contributed by atoms with Crippen LogP contribution in [-0.2, 0) is 17.7 Å².